The molecule has 42 heavy (non-hydrogen) atoms. The second kappa shape index (κ2) is 12.7. The van der Waals surface area contributed by atoms with Gasteiger partial charge in [-0.2, -0.15) is 0 Å². The normalized spacial score (nSPS) is 13.8. The number of H-pyrrole nitrogens is 1. The van der Waals surface area contributed by atoms with Gasteiger partial charge in [0, 0.05) is 35.7 Å². The molecule has 0 atom stereocenters. The summed E-state index contributed by atoms with van der Waals surface area (Å²) < 4.78 is 31.4. The van der Waals surface area contributed by atoms with Crippen molar-refractivity contribution in [1.29, 1.82) is 0 Å². The maximum Gasteiger partial charge on any atom is 0.337 e. The number of aromatic nitrogens is 1. The number of carbonyl (C=O) groups excluding carboxylic acids is 3. The molecule has 222 valence electrons. The highest BCUT2D eigenvalue weighted by Gasteiger charge is 2.28. The molecule has 0 aliphatic carbocycles. The topological polar surface area (TPSA) is 138 Å². The number of hydrogen-bond acceptors (Lipinski definition) is 7. The van der Waals surface area contributed by atoms with Crippen LogP contribution in [-0.2, 0) is 25.1 Å². The first kappa shape index (κ1) is 30.7. The molecular formula is C31H36N4O6S. The Morgan fingerprint density at radius 2 is 1.81 bits per heavy atom. The van der Waals surface area contributed by atoms with Crippen LogP contribution >= 0.6 is 0 Å². The lowest BCUT2D eigenvalue weighted by Gasteiger charge is -2.18. The number of likely N-dealkylation sites (N-methyl/N-ethyl adjacent to an activating group) is 1. The van der Waals surface area contributed by atoms with Gasteiger partial charge in [-0.15, -0.1) is 0 Å². The Bertz CT molecular complexity index is 1670. The lowest BCUT2D eigenvalue weighted by atomic mass is 10.0. The highest BCUT2D eigenvalue weighted by molar-refractivity contribution is 7.90. The number of ether oxygens (including phenoxy) is 1. The zero-order chi connectivity index (χ0) is 30.6. The number of aryl methyl sites for hydroxylation is 1. The van der Waals surface area contributed by atoms with Crippen molar-refractivity contribution < 1.29 is 27.5 Å². The van der Waals surface area contributed by atoms with Crippen molar-refractivity contribution >= 4 is 45.0 Å². The Morgan fingerprint density at radius 1 is 1.07 bits per heavy atom. The Morgan fingerprint density at radius 3 is 2.50 bits per heavy atom. The highest BCUT2D eigenvalue weighted by atomic mass is 32.2. The van der Waals surface area contributed by atoms with Crippen LogP contribution in [0.2, 0.25) is 0 Å². The average Bonchev–Trinajstić information content (AvgIpc) is 3.43. The van der Waals surface area contributed by atoms with E-state index in [0.717, 1.165) is 19.6 Å². The van der Waals surface area contributed by atoms with Crippen molar-refractivity contribution in [3.8, 4) is 0 Å². The van der Waals surface area contributed by atoms with Gasteiger partial charge >= 0.3 is 5.97 Å². The molecule has 10 nitrogen and oxygen atoms in total. The van der Waals surface area contributed by atoms with Crippen molar-refractivity contribution in [2.45, 2.75) is 38.3 Å². The number of esters is 1. The van der Waals surface area contributed by atoms with Crippen molar-refractivity contribution in [2.75, 3.05) is 38.6 Å². The van der Waals surface area contributed by atoms with Crippen molar-refractivity contribution in [3.63, 3.8) is 0 Å². The molecule has 0 spiro atoms. The van der Waals surface area contributed by atoms with Gasteiger partial charge in [0.15, 0.2) is 9.84 Å². The number of nitrogens with one attached hydrogen (secondary N) is 3. The third-order valence-electron chi connectivity index (χ3n) is 7.44. The summed E-state index contributed by atoms with van der Waals surface area (Å²) in [5.41, 5.74) is 4.39. The van der Waals surface area contributed by atoms with Crippen molar-refractivity contribution in [3.05, 3.63) is 81.7 Å². The summed E-state index contributed by atoms with van der Waals surface area (Å²) in [5.74, 6) is -1.46. The van der Waals surface area contributed by atoms with E-state index in [2.05, 4.69) is 34.4 Å². The molecule has 0 saturated carbocycles. The van der Waals surface area contributed by atoms with E-state index < -0.39 is 15.8 Å². The first-order valence-electron chi connectivity index (χ1n) is 13.8. The smallest absolute Gasteiger partial charge is 0.337 e. The second-order valence-corrected chi connectivity index (χ2v) is 12.1. The summed E-state index contributed by atoms with van der Waals surface area (Å²) in [6.45, 7) is 10.8. The van der Waals surface area contributed by atoms with Crippen molar-refractivity contribution in [1.82, 2.24) is 15.2 Å². The Balaban J connectivity index is 1.60. The van der Waals surface area contributed by atoms with E-state index >= 15 is 0 Å². The van der Waals surface area contributed by atoms with Crippen LogP contribution in [0.4, 0.5) is 5.69 Å². The summed E-state index contributed by atoms with van der Waals surface area (Å²) in [6.07, 6.45) is 1.65. The summed E-state index contributed by atoms with van der Waals surface area (Å²) in [5, 5.41) is 5.76. The zero-order valence-electron chi connectivity index (χ0n) is 24.5. The summed E-state index contributed by atoms with van der Waals surface area (Å²) >= 11 is 0. The van der Waals surface area contributed by atoms with Crippen LogP contribution < -0.4 is 10.6 Å². The van der Waals surface area contributed by atoms with Gasteiger partial charge in [0.1, 0.15) is 0 Å². The van der Waals surface area contributed by atoms with Gasteiger partial charge in [-0.1, -0.05) is 26.0 Å². The van der Waals surface area contributed by atoms with E-state index in [1.54, 1.807) is 37.3 Å². The number of fused-ring (bicyclic) bond motifs is 1. The minimum Gasteiger partial charge on any atom is -0.465 e. The molecule has 0 radical (unpaired) electrons. The van der Waals surface area contributed by atoms with E-state index in [-0.39, 0.29) is 33.6 Å². The molecule has 2 heterocycles. The average molecular weight is 593 g/mol. The van der Waals surface area contributed by atoms with E-state index in [1.807, 2.05) is 6.92 Å². The van der Waals surface area contributed by atoms with E-state index in [4.69, 9.17) is 4.74 Å². The fourth-order valence-corrected chi connectivity index (χ4v) is 6.43. The quantitative estimate of drug-likeness (QED) is 0.226. The Labute approximate surface area is 246 Å². The van der Waals surface area contributed by atoms with E-state index in [0.29, 0.717) is 45.9 Å². The number of nitrogens with zero attached hydrogens (tertiary/aromatic N) is 1. The van der Waals surface area contributed by atoms with Gasteiger partial charge < -0.3 is 25.3 Å². The molecule has 0 bridgehead atoms. The fourth-order valence-electron chi connectivity index (χ4n) is 5.07. The van der Waals surface area contributed by atoms with Crippen LogP contribution in [0.3, 0.4) is 0 Å². The first-order chi connectivity index (χ1) is 20.0. The summed E-state index contributed by atoms with van der Waals surface area (Å²) in [6, 6.07) is 10.8. The van der Waals surface area contributed by atoms with Gasteiger partial charge in [-0.05, 0) is 74.5 Å². The number of benzene rings is 2. The predicted molar refractivity (Wildman–Crippen MR) is 162 cm³/mol. The van der Waals surface area contributed by atoms with Gasteiger partial charge in [-0.25, -0.2) is 13.2 Å². The molecule has 2 aromatic carbocycles. The van der Waals surface area contributed by atoms with E-state index in [1.165, 1.54) is 25.3 Å². The molecule has 11 heteroatoms. The zero-order valence-corrected chi connectivity index (χ0v) is 25.3. The van der Waals surface area contributed by atoms with Gasteiger partial charge in [0.2, 0.25) is 0 Å². The minimum absolute atomic E-state index is 0.0415. The summed E-state index contributed by atoms with van der Waals surface area (Å²) in [7, 11) is -2.56. The molecule has 1 aliphatic heterocycles. The van der Waals surface area contributed by atoms with Crippen LogP contribution in [0, 0.1) is 13.8 Å². The molecule has 1 aromatic heterocycles. The molecule has 0 unspecified atom stereocenters. The standard InChI is InChI=1S/C31H36N4O6S/c1-6-35(7-2)14-13-32-30(37)28-19(3)27(33-20(28)4)17-25-24-16-23(11-12-26(24)34-29(25)36)42(39,40)18-21-9-8-10-22(15-21)31(38)41-5/h8-12,15-17,33H,6-7,13-14,18H2,1-5H3,(H,32,37)(H,34,36)/b25-17-. The number of hydrogen-bond donors (Lipinski definition) is 3. The largest absolute Gasteiger partial charge is 0.465 e. The monoisotopic (exact) mass is 592 g/mol. The van der Waals surface area contributed by atoms with Crippen LogP contribution in [0.5, 0.6) is 0 Å². The number of sulfone groups is 1. The molecule has 3 N–H and O–H groups in total. The number of amides is 2. The molecule has 2 amide bonds. The fraction of sp³-hybridized carbons (Fsp3) is 0.323. The van der Waals surface area contributed by atoms with Gasteiger partial charge in [-0.3, -0.25) is 9.59 Å². The number of anilines is 1. The molecule has 0 fully saturated rings. The number of aromatic amines is 1. The second-order valence-electron chi connectivity index (χ2n) is 10.1. The molecule has 3 aromatic rings. The first-order valence-corrected chi connectivity index (χ1v) is 15.4. The molecule has 1 aliphatic rings. The summed E-state index contributed by atoms with van der Waals surface area (Å²) in [4.78, 5) is 43.3. The van der Waals surface area contributed by atoms with Gasteiger partial charge in [0.25, 0.3) is 11.8 Å². The van der Waals surface area contributed by atoms with Crippen molar-refractivity contribution in [2.24, 2.45) is 0 Å². The number of rotatable bonds is 11. The molecule has 4 rings (SSSR count). The van der Waals surface area contributed by atoms with Crippen LogP contribution in [-0.4, -0.2) is 69.4 Å². The molecule has 0 saturated heterocycles. The maximum atomic E-state index is 13.3. The Hall–Kier alpha value is -4.22. The van der Waals surface area contributed by atoms with Crippen LogP contribution in [0.15, 0.2) is 47.4 Å². The predicted octanol–water partition coefficient (Wildman–Crippen LogP) is 3.96. The van der Waals surface area contributed by atoms with E-state index in [9.17, 15) is 22.8 Å². The van der Waals surface area contributed by atoms with Crippen LogP contribution in [0.1, 0.15) is 62.6 Å². The van der Waals surface area contributed by atoms with Gasteiger partial charge in [0.05, 0.1) is 34.5 Å². The number of carbonyl (C=O) groups is 3. The van der Waals surface area contributed by atoms with Crippen LogP contribution in [0.25, 0.3) is 11.6 Å². The molecular weight excluding hydrogens is 556 g/mol. The minimum atomic E-state index is -3.82. The SMILES string of the molecule is CCN(CC)CCNC(=O)c1c(C)[nH]c(/C=C2\C(=O)Nc3ccc(S(=O)(=O)Cc4cccc(C(=O)OC)c4)cc32)c1C. The highest BCUT2D eigenvalue weighted by Crippen LogP contribution is 2.36. The maximum absolute atomic E-state index is 13.3. The third-order valence-corrected chi connectivity index (χ3v) is 9.12. The number of methoxy groups -OCH3 is 1. The third kappa shape index (κ3) is 6.47. The Kier molecular flexibility index (Phi) is 9.33. The lowest BCUT2D eigenvalue weighted by Crippen LogP contribution is -2.35. The lowest BCUT2D eigenvalue weighted by molar-refractivity contribution is -0.110.